The predicted octanol–water partition coefficient (Wildman–Crippen LogP) is 5.93. The van der Waals surface area contributed by atoms with Crippen LogP contribution in [-0.4, -0.2) is 33.3 Å². The van der Waals surface area contributed by atoms with E-state index in [2.05, 4.69) is 24.3 Å². The number of aromatic nitrogens is 1. The van der Waals surface area contributed by atoms with Crippen molar-refractivity contribution in [3.8, 4) is 5.75 Å². The fraction of sp³-hybridized carbons (Fsp3) is 0.200. The van der Waals surface area contributed by atoms with E-state index in [1.54, 1.807) is 10.8 Å². The zero-order valence-electron chi connectivity index (χ0n) is 20.0. The first-order valence-corrected chi connectivity index (χ1v) is 12.0. The van der Waals surface area contributed by atoms with Gasteiger partial charge in [-0.15, -0.1) is 0 Å². The molecule has 0 atom stereocenters. The van der Waals surface area contributed by atoms with Crippen molar-refractivity contribution in [2.45, 2.75) is 32.2 Å². The van der Waals surface area contributed by atoms with E-state index < -0.39 is 11.9 Å². The minimum Gasteiger partial charge on any atom is -0.494 e. The lowest BCUT2D eigenvalue weighted by Gasteiger charge is -2.07. The molecule has 0 aliphatic heterocycles. The molecule has 6 nitrogen and oxygen atoms in total. The van der Waals surface area contributed by atoms with Gasteiger partial charge in [0.15, 0.2) is 0 Å². The van der Waals surface area contributed by atoms with Gasteiger partial charge >= 0.3 is 11.9 Å². The summed E-state index contributed by atoms with van der Waals surface area (Å²) in [5, 5.41) is 19.3. The third-order valence-corrected chi connectivity index (χ3v) is 5.97. The Kier molecular flexibility index (Phi) is 8.19. The van der Waals surface area contributed by atoms with Crippen LogP contribution in [0, 0.1) is 0 Å². The summed E-state index contributed by atoms with van der Waals surface area (Å²) < 4.78 is 7.46. The second-order valence-corrected chi connectivity index (χ2v) is 8.68. The van der Waals surface area contributed by atoms with Gasteiger partial charge in [-0.05, 0) is 59.7 Å². The number of hydrogen-bond donors (Lipinski definition) is 2. The molecule has 0 aliphatic rings. The van der Waals surface area contributed by atoms with E-state index in [-0.39, 0.29) is 13.0 Å². The van der Waals surface area contributed by atoms with Crippen LogP contribution in [0.25, 0.3) is 23.1 Å². The molecule has 0 amide bonds. The first kappa shape index (κ1) is 24.8. The predicted molar refractivity (Wildman–Crippen MR) is 141 cm³/mol. The van der Waals surface area contributed by atoms with Crippen LogP contribution in [0.5, 0.6) is 5.75 Å². The van der Waals surface area contributed by atoms with Gasteiger partial charge in [-0.3, -0.25) is 9.59 Å². The molecule has 0 bridgehead atoms. The van der Waals surface area contributed by atoms with Crippen molar-refractivity contribution in [2.24, 2.45) is 0 Å². The Hall–Kier alpha value is -4.32. The number of ether oxygens (including phenoxy) is 1. The standard InChI is InChI=1S/C30H29NO5/c32-28(33)19-25-20-31(21-29(34)35)27-11-6-10-24(30(25)27)15-12-23-13-16-26(17-14-23)36-18-5-4-9-22-7-2-1-3-8-22/h1-3,6-8,10-17,20H,4-5,9,18-19,21H2,(H,32,33)(H,34,35). The number of unbranched alkanes of at least 4 members (excludes halogenated alkanes) is 1. The van der Waals surface area contributed by atoms with Gasteiger partial charge in [-0.1, -0.05) is 66.7 Å². The monoisotopic (exact) mass is 483 g/mol. The highest BCUT2D eigenvalue weighted by Crippen LogP contribution is 2.28. The molecule has 0 aliphatic carbocycles. The summed E-state index contributed by atoms with van der Waals surface area (Å²) in [5.74, 6) is -1.12. The van der Waals surface area contributed by atoms with E-state index in [0.29, 0.717) is 17.7 Å². The van der Waals surface area contributed by atoms with E-state index in [0.717, 1.165) is 41.5 Å². The summed E-state index contributed by atoms with van der Waals surface area (Å²) in [6.07, 6.45) is 8.45. The highest BCUT2D eigenvalue weighted by molar-refractivity contribution is 5.96. The molecule has 1 heterocycles. The van der Waals surface area contributed by atoms with Crippen LogP contribution in [0.4, 0.5) is 0 Å². The fourth-order valence-corrected chi connectivity index (χ4v) is 4.31. The number of fused-ring (bicyclic) bond motifs is 1. The molecular weight excluding hydrogens is 454 g/mol. The van der Waals surface area contributed by atoms with E-state index >= 15 is 0 Å². The third kappa shape index (κ3) is 6.63. The zero-order valence-corrected chi connectivity index (χ0v) is 20.0. The Morgan fingerprint density at radius 2 is 1.61 bits per heavy atom. The number of hydrogen-bond acceptors (Lipinski definition) is 3. The van der Waals surface area contributed by atoms with Crippen molar-refractivity contribution < 1.29 is 24.5 Å². The highest BCUT2D eigenvalue weighted by atomic mass is 16.5. The Labute approximate surface area is 210 Å². The molecule has 3 aromatic carbocycles. The van der Waals surface area contributed by atoms with E-state index in [4.69, 9.17) is 4.74 Å². The number of aliphatic carboxylic acids is 2. The van der Waals surface area contributed by atoms with Gasteiger partial charge in [0.1, 0.15) is 12.3 Å². The Morgan fingerprint density at radius 1 is 0.833 bits per heavy atom. The molecule has 36 heavy (non-hydrogen) atoms. The van der Waals surface area contributed by atoms with Gasteiger partial charge in [0.2, 0.25) is 0 Å². The molecule has 0 spiro atoms. The largest absolute Gasteiger partial charge is 0.494 e. The molecule has 0 saturated carbocycles. The summed E-state index contributed by atoms with van der Waals surface area (Å²) in [6.45, 7) is 0.445. The first-order chi connectivity index (χ1) is 17.5. The average molecular weight is 484 g/mol. The summed E-state index contributed by atoms with van der Waals surface area (Å²) in [4.78, 5) is 22.7. The molecule has 184 valence electrons. The zero-order chi connectivity index (χ0) is 25.3. The Bertz CT molecular complexity index is 1350. The number of carboxylic acid groups (broad SMARTS) is 2. The summed E-state index contributed by atoms with van der Waals surface area (Å²) >= 11 is 0. The average Bonchev–Trinajstić information content (AvgIpc) is 3.20. The molecule has 4 aromatic rings. The van der Waals surface area contributed by atoms with Crippen LogP contribution in [0.1, 0.15) is 35.1 Å². The van der Waals surface area contributed by atoms with Gasteiger partial charge in [0.05, 0.1) is 13.0 Å². The minimum atomic E-state index is -0.978. The lowest BCUT2D eigenvalue weighted by atomic mass is 10.0. The van der Waals surface area contributed by atoms with Crippen molar-refractivity contribution in [1.82, 2.24) is 4.57 Å². The molecule has 6 heteroatoms. The van der Waals surface area contributed by atoms with Crippen LogP contribution in [0.15, 0.2) is 79.0 Å². The molecule has 4 rings (SSSR count). The van der Waals surface area contributed by atoms with Crippen molar-refractivity contribution in [2.75, 3.05) is 6.61 Å². The molecular formula is C30H29NO5. The molecule has 0 saturated heterocycles. The van der Waals surface area contributed by atoms with Crippen LogP contribution < -0.4 is 4.74 Å². The van der Waals surface area contributed by atoms with Gasteiger partial charge < -0.3 is 19.5 Å². The van der Waals surface area contributed by atoms with Crippen molar-refractivity contribution >= 4 is 35.0 Å². The smallest absolute Gasteiger partial charge is 0.323 e. The van der Waals surface area contributed by atoms with Gasteiger partial charge in [0.25, 0.3) is 0 Å². The maximum atomic E-state index is 11.4. The normalized spacial score (nSPS) is 11.2. The molecule has 2 N–H and O–H groups in total. The number of aryl methyl sites for hydroxylation is 1. The molecule has 1 aromatic heterocycles. The minimum absolute atomic E-state index is 0.175. The van der Waals surface area contributed by atoms with Crippen molar-refractivity contribution in [3.63, 3.8) is 0 Å². The van der Waals surface area contributed by atoms with Crippen molar-refractivity contribution in [1.29, 1.82) is 0 Å². The van der Waals surface area contributed by atoms with Gasteiger partial charge in [-0.2, -0.15) is 0 Å². The Morgan fingerprint density at radius 3 is 2.33 bits per heavy atom. The maximum absolute atomic E-state index is 11.4. The summed E-state index contributed by atoms with van der Waals surface area (Å²) in [7, 11) is 0. The van der Waals surface area contributed by atoms with Gasteiger partial charge in [-0.25, -0.2) is 0 Å². The lowest BCUT2D eigenvalue weighted by Crippen LogP contribution is -2.07. The summed E-state index contributed by atoms with van der Waals surface area (Å²) in [6, 6.07) is 23.8. The van der Waals surface area contributed by atoms with Crippen LogP contribution in [-0.2, 0) is 29.0 Å². The second kappa shape index (κ2) is 11.9. The Balaban J connectivity index is 1.40. The number of nitrogens with zero attached hydrogens (tertiary/aromatic N) is 1. The number of carbonyl (C=O) groups is 2. The second-order valence-electron chi connectivity index (χ2n) is 8.68. The highest BCUT2D eigenvalue weighted by Gasteiger charge is 2.15. The SMILES string of the molecule is O=C(O)Cc1cn(CC(=O)O)c2cccc(C=Cc3ccc(OCCCCc4ccccc4)cc3)c12. The quantitative estimate of drug-likeness (QED) is 0.193. The molecule has 0 radical (unpaired) electrons. The van der Waals surface area contributed by atoms with E-state index in [1.165, 1.54) is 5.56 Å². The van der Waals surface area contributed by atoms with Crippen LogP contribution >= 0.6 is 0 Å². The fourth-order valence-electron chi connectivity index (χ4n) is 4.31. The van der Waals surface area contributed by atoms with E-state index in [9.17, 15) is 19.8 Å². The van der Waals surface area contributed by atoms with E-state index in [1.807, 2.05) is 60.7 Å². The first-order valence-electron chi connectivity index (χ1n) is 12.0. The number of benzene rings is 3. The summed E-state index contributed by atoms with van der Waals surface area (Å²) in [5.41, 5.74) is 4.46. The third-order valence-electron chi connectivity index (χ3n) is 5.97. The molecule has 0 unspecified atom stereocenters. The van der Waals surface area contributed by atoms with Crippen molar-refractivity contribution in [3.05, 3.63) is 101 Å². The molecule has 0 fully saturated rings. The number of rotatable bonds is 12. The lowest BCUT2D eigenvalue weighted by molar-refractivity contribution is -0.138. The maximum Gasteiger partial charge on any atom is 0.323 e. The topological polar surface area (TPSA) is 88.8 Å². The van der Waals surface area contributed by atoms with Crippen LogP contribution in [0.3, 0.4) is 0 Å². The van der Waals surface area contributed by atoms with Gasteiger partial charge in [0, 0.05) is 17.1 Å². The number of carboxylic acids is 2. The van der Waals surface area contributed by atoms with Crippen LogP contribution in [0.2, 0.25) is 0 Å².